The molecule has 2 atom stereocenters. The molecule has 2 rings (SSSR count). The van der Waals surface area contributed by atoms with Crippen molar-refractivity contribution in [1.82, 2.24) is 10.2 Å². The second kappa shape index (κ2) is 9.18. The highest BCUT2D eigenvalue weighted by molar-refractivity contribution is 5.85. The van der Waals surface area contributed by atoms with Gasteiger partial charge in [-0.15, -0.1) is 0 Å². The summed E-state index contributed by atoms with van der Waals surface area (Å²) >= 11 is 0. The van der Waals surface area contributed by atoms with Crippen LogP contribution in [0.5, 0.6) is 0 Å². The number of hydrogen-bond acceptors (Lipinski definition) is 4. The molecule has 0 aromatic heterocycles. The maximum absolute atomic E-state index is 12.5. The van der Waals surface area contributed by atoms with E-state index in [4.69, 9.17) is 5.11 Å². The molecule has 28 heavy (non-hydrogen) atoms. The lowest BCUT2D eigenvalue weighted by Crippen LogP contribution is -2.53. The summed E-state index contributed by atoms with van der Waals surface area (Å²) < 4.78 is 0. The largest absolute Gasteiger partial charge is 0.480 e. The summed E-state index contributed by atoms with van der Waals surface area (Å²) in [5.41, 5.74) is 0.744. The zero-order valence-corrected chi connectivity index (χ0v) is 15.7. The van der Waals surface area contributed by atoms with Gasteiger partial charge >= 0.3 is 18.0 Å². The van der Waals surface area contributed by atoms with E-state index in [9.17, 15) is 24.6 Å². The zero-order valence-electron chi connectivity index (χ0n) is 15.7. The van der Waals surface area contributed by atoms with Crippen LogP contribution in [0.15, 0.2) is 42.5 Å². The Kier molecular flexibility index (Phi) is 6.94. The Bertz CT molecular complexity index is 867. The van der Waals surface area contributed by atoms with Crippen LogP contribution >= 0.6 is 0 Å². The van der Waals surface area contributed by atoms with Crippen LogP contribution in [0.1, 0.15) is 19.4 Å². The average Bonchev–Trinajstić information content (AvgIpc) is 2.64. The highest BCUT2D eigenvalue weighted by atomic mass is 16.4. The van der Waals surface area contributed by atoms with Crippen LogP contribution in [0.25, 0.3) is 10.8 Å². The minimum absolute atomic E-state index is 0.0688. The van der Waals surface area contributed by atoms with Gasteiger partial charge in [0.25, 0.3) is 0 Å². The van der Waals surface area contributed by atoms with Crippen molar-refractivity contribution in [2.45, 2.75) is 38.5 Å². The zero-order chi connectivity index (χ0) is 20.8. The van der Waals surface area contributed by atoms with Gasteiger partial charge in [-0.25, -0.2) is 14.4 Å². The smallest absolute Gasteiger partial charge is 0.334 e. The van der Waals surface area contributed by atoms with Crippen LogP contribution in [0.3, 0.4) is 0 Å². The summed E-state index contributed by atoms with van der Waals surface area (Å²) in [5, 5.41) is 32.3. The van der Waals surface area contributed by atoms with Gasteiger partial charge in [0.15, 0.2) is 6.10 Å². The Hall–Kier alpha value is -3.13. The SMILES string of the molecule is CC(C)N(CC(O)C(=O)O)C(=O)N[C@@H](Cc1ccc2ccccc2c1)C(=O)O. The molecule has 2 aromatic rings. The van der Waals surface area contributed by atoms with E-state index in [-0.39, 0.29) is 6.42 Å². The monoisotopic (exact) mass is 388 g/mol. The number of nitrogens with one attached hydrogen (secondary N) is 1. The minimum Gasteiger partial charge on any atom is -0.480 e. The van der Waals surface area contributed by atoms with E-state index in [0.717, 1.165) is 21.2 Å². The number of hydrogen-bond donors (Lipinski definition) is 4. The Morgan fingerprint density at radius 1 is 1.00 bits per heavy atom. The number of aliphatic carboxylic acids is 2. The summed E-state index contributed by atoms with van der Waals surface area (Å²) in [6.45, 7) is 2.85. The van der Waals surface area contributed by atoms with Gasteiger partial charge in [0.05, 0.1) is 6.54 Å². The van der Waals surface area contributed by atoms with Gasteiger partial charge in [0.2, 0.25) is 0 Å². The highest BCUT2D eigenvalue weighted by Gasteiger charge is 2.28. The molecule has 0 aliphatic rings. The van der Waals surface area contributed by atoms with Crippen LogP contribution in [0.2, 0.25) is 0 Å². The fourth-order valence-electron chi connectivity index (χ4n) is 2.83. The second-order valence-electron chi connectivity index (χ2n) is 6.83. The van der Waals surface area contributed by atoms with Crippen molar-refractivity contribution in [3.05, 3.63) is 48.0 Å². The van der Waals surface area contributed by atoms with E-state index in [1.165, 1.54) is 0 Å². The molecule has 2 aromatic carbocycles. The number of benzene rings is 2. The Balaban J connectivity index is 2.14. The quantitative estimate of drug-likeness (QED) is 0.545. The summed E-state index contributed by atoms with van der Waals surface area (Å²) in [4.78, 5) is 36.1. The molecule has 0 spiro atoms. The molecule has 8 nitrogen and oxygen atoms in total. The van der Waals surface area contributed by atoms with Crippen LogP contribution in [-0.4, -0.2) is 62.9 Å². The number of carbonyl (C=O) groups excluding carboxylic acids is 1. The van der Waals surface area contributed by atoms with Gasteiger partial charge in [-0.2, -0.15) is 0 Å². The molecule has 0 saturated heterocycles. The molecule has 0 aliphatic heterocycles. The van der Waals surface area contributed by atoms with Crippen molar-refractivity contribution < 1.29 is 29.7 Å². The van der Waals surface area contributed by atoms with Gasteiger partial charge in [0.1, 0.15) is 6.04 Å². The summed E-state index contributed by atoms with van der Waals surface area (Å²) in [7, 11) is 0. The maximum Gasteiger partial charge on any atom is 0.334 e. The van der Waals surface area contributed by atoms with Crippen LogP contribution in [0.4, 0.5) is 4.79 Å². The number of aliphatic hydroxyl groups excluding tert-OH is 1. The molecule has 8 heteroatoms. The Morgan fingerprint density at radius 2 is 1.64 bits per heavy atom. The van der Waals surface area contributed by atoms with Gasteiger partial charge in [-0.05, 0) is 30.2 Å². The number of nitrogens with zero attached hydrogens (tertiary/aromatic N) is 1. The van der Waals surface area contributed by atoms with Gasteiger partial charge in [0, 0.05) is 12.5 Å². The third-order valence-corrected chi connectivity index (χ3v) is 4.39. The van der Waals surface area contributed by atoms with Crippen LogP contribution < -0.4 is 5.32 Å². The van der Waals surface area contributed by atoms with Gasteiger partial charge in [-0.1, -0.05) is 42.5 Å². The van der Waals surface area contributed by atoms with E-state index >= 15 is 0 Å². The topological polar surface area (TPSA) is 127 Å². The first-order valence-electron chi connectivity index (χ1n) is 8.87. The predicted molar refractivity (Wildman–Crippen MR) is 103 cm³/mol. The molecule has 1 unspecified atom stereocenters. The van der Waals surface area contributed by atoms with E-state index in [0.29, 0.717) is 0 Å². The van der Waals surface area contributed by atoms with E-state index in [2.05, 4.69) is 5.32 Å². The molecule has 0 heterocycles. The molecule has 4 N–H and O–H groups in total. The molecular formula is C20H24N2O6. The summed E-state index contributed by atoms with van der Waals surface area (Å²) in [6, 6.07) is 10.8. The number of aliphatic hydroxyl groups is 1. The number of carbonyl (C=O) groups is 3. The van der Waals surface area contributed by atoms with Gasteiger partial charge in [-0.3, -0.25) is 0 Å². The van der Waals surface area contributed by atoms with Crippen molar-refractivity contribution in [3.8, 4) is 0 Å². The first-order valence-corrected chi connectivity index (χ1v) is 8.87. The fourth-order valence-corrected chi connectivity index (χ4v) is 2.83. The van der Waals surface area contributed by atoms with Crippen molar-refractivity contribution in [3.63, 3.8) is 0 Å². The minimum atomic E-state index is -1.75. The van der Waals surface area contributed by atoms with Crippen LogP contribution in [-0.2, 0) is 16.0 Å². The molecule has 0 aliphatic carbocycles. The molecule has 0 fully saturated rings. The average molecular weight is 388 g/mol. The summed E-state index contributed by atoms with van der Waals surface area (Å²) in [6.07, 6.45) is -1.68. The predicted octanol–water partition coefficient (Wildman–Crippen LogP) is 1.70. The number of rotatable bonds is 8. The molecule has 0 saturated carbocycles. The standard InChI is InChI=1S/C20H24N2O6/c1-12(2)22(11-17(23)19(26)27)20(28)21-16(18(24)25)10-13-7-8-14-5-3-4-6-15(14)9-13/h3-9,12,16-17,23H,10-11H2,1-2H3,(H,21,28)(H,24,25)(H,26,27)/t16-,17?/m0/s1. The normalized spacial score (nSPS) is 13.1. The van der Waals surface area contributed by atoms with Crippen molar-refractivity contribution in [2.24, 2.45) is 0 Å². The van der Waals surface area contributed by atoms with Crippen molar-refractivity contribution in [2.75, 3.05) is 6.54 Å². The first kappa shape index (κ1) is 21.2. The number of fused-ring (bicyclic) bond motifs is 1. The lowest BCUT2D eigenvalue weighted by atomic mass is 10.0. The fraction of sp³-hybridized carbons (Fsp3) is 0.350. The third-order valence-electron chi connectivity index (χ3n) is 4.39. The van der Waals surface area contributed by atoms with Crippen molar-refractivity contribution >= 4 is 28.7 Å². The molecule has 2 amide bonds. The Labute approximate surface area is 162 Å². The van der Waals surface area contributed by atoms with Crippen molar-refractivity contribution in [1.29, 1.82) is 0 Å². The number of carboxylic acids is 2. The van der Waals surface area contributed by atoms with E-state index < -0.39 is 42.7 Å². The lowest BCUT2D eigenvalue weighted by molar-refractivity contribution is -0.147. The Morgan fingerprint density at radius 3 is 2.21 bits per heavy atom. The van der Waals surface area contributed by atoms with Gasteiger partial charge < -0.3 is 25.5 Å². The number of carboxylic acid groups (broad SMARTS) is 2. The second-order valence-corrected chi connectivity index (χ2v) is 6.83. The molecule has 0 radical (unpaired) electrons. The maximum atomic E-state index is 12.5. The highest BCUT2D eigenvalue weighted by Crippen LogP contribution is 2.17. The summed E-state index contributed by atoms with van der Waals surface area (Å²) in [5.74, 6) is -2.66. The number of urea groups is 1. The number of amides is 2. The van der Waals surface area contributed by atoms with Crippen LogP contribution in [0, 0.1) is 0 Å². The molecule has 150 valence electrons. The first-order chi connectivity index (χ1) is 13.2. The third kappa shape index (κ3) is 5.43. The molecular weight excluding hydrogens is 364 g/mol. The lowest BCUT2D eigenvalue weighted by Gasteiger charge is -2.29. The molecule has 0 bridgehead atoms. The van der Waals surface area contributed by atoms with E-state index in [1.54, 1.807) is 19.9 Å². The van der Waals surface area contributed by atoms with E-state index in [1.807, 2.05) is 36.4 Å².